The molecule has 1 aliphatic rings. The van der Waals surface area contributed by atoms with Crippen molar-refractivity contribution in [2.75, 3.05) is 18.5 Å². The minimum atomic E-state index is 0.0280. The van der Waals surface area contributed by atoms with Crippen molar-refractivity contribution in [2.24, 2.45) is 5.16 Å². The molecule has 4 heterocycles. The van der Waals surface area contributed by atoms with E-state index in [1.807, 2.05) is 45.4 Å². The fourth-order valence-corrected chi connectivity index (χ4v) is 3.61. The minimum Gasteiger partial charge on any atom is -0.393 e. The molecule has 4 rings (SSSR count). The number of oxime groups is 1. The molecule has 0 bridgehead atoms. The van der Waals surface area contributed by atoms with Crippen LogP contribution in [0.1, 0.15) is 26.0 Å². The van der Waals surface area contributed by atoms with Gasteiger partial charge < -0.3 is 9.74 Å². The van der Waals surface area contributed by atoms with Crippen LogP contribution < -0.4 is 4.90 Å². The first-order valence-electron chi connectivity index (χ1n) is 8.79. The van der Waals surface area contributed by atoms with Crippen molar-refractivity contribution in [3.8, 4) is 21.1 Å². The van der Waals surface area contributed by atoms with Gasteiger partial charge in [0.15, 0.2) is 5.82 Å². The number of anilines is 1. The molecule has 0 spiro atoms. The summed E-state index contributed by atoms with van der Waals surface area (Å²) >= 11 is 1.57. The lowest BCUT2D eigenvalue weighted by Crippen LogP contribution is -2.31. The molecule has 0 saturated carbocycles. The molecule has 27 heavy (non-hydrogen) atoms. The Hall–Kier alpha value is -2.87. The molecule has 0 aromatic carbocycles. The minimum absolute atomic E-state index is 0.0280. The average molecular weight is 380 g/mol. The molecular weight excluding hydrogens is 360 g/mol. The molecule has 3 aromatic heterocycles. The second-order valence-corrected chi connectivity index (χ2v) is 7.59. The number of thiazole rings is 1. The van der Waals surface area contributed by atoms with Crippen molar-refractivity contribution in [3.05, 3.63) is 42.6 Å². The second kappa shape index (κ2) is 7.40. The third-order valence-electron chi connectivity index (χ3n) is 4.11. The lowest BCUT2D eigenvalue weighted by atomic mass is 10.1. The van der Waals surface area contributed by atoms with Gasteiger partial charge in [-0.25, -0.2) is 15.0 Å². The van der Waals surface area contributed by atoms with Crippen LogP contribution in [0.15, 0.2) is 42.1 Å². The number of pyridine rings is 1. The smallest absolute Gasteiger partial charge is 0.156 e. The fraction of sp³-hybridized carbons (Fsp3) is 0.316. The van der Waals surface area contributed by atoms with E-state index in [1.165, 1.54) is 0 Å². The van der Waals surface area contributed by atoms with Crippen LogP contribution in [0.25, 0.3) is 21.1 Å². The molecule has 0 atom stereocenters. The number of hydrogen-bond acceptors (Lipinski definition) is 8. The third-order valence-corrected chi connectivity index (χ3v) is 5.18. The summed E-state index contributed by atoms with van der Waals surface area (Å²) < 4.78 is 0. The highest BCUT2D eigenvalue weighted by molar-refractivity contribution is 7.18. The fourth-order valence-electron chi connectivity index (χ4n) is 2.75. The number of fused-ring (bicyclic) bond motifs is 1. The Morgan fingerprint density at radius 1 is 1.22 bits per heavy atom. The maximum atomic E-state index is 5.47. The predicted molar refractivity (Wildman–Crippen MR) is 107 cm³/mol. The molecule has 0 unspecified atom stereocenters. The first-order valence-corrected chi connectivity index (χ1v) is 9.61. The van der Waals surface area contributed by atoms with E-state index in [-0.39, 0.29) is 6.10 Å². The van der Waals surface area contributed by atoms with E-state index in [1.54, 1.807) is 23.7 Å². The van der Waals surface area contributed by atoms with Gasteiger partial charge in [0.1, 0.15) is 28.2 Å². The van der Waals surface area contributed by atoms with Gasteiger partial charge in [-0.2, -0.15) is 0 Å². The van der Waals surface area contributed by atoms with Gasteiger partial charge in [0.2, 0.25) is 0 Å². The van der Waals surface area contributed by atoms with Crippen LogP contribution >= 0.6 is 11.3 Å². The Kier molecular flexibility index (Phi) is 4.81. The topological polar surface area (TPSA) is 76.4 Å². The average Bonchev–Trinajstić information content (AvgIpc) is 3.18. The zero-order valence-corrected chi connectivity index (χ0v) is 16.3. The molecule has 8 heteroatoms. The van der Waals surface area contributed by atoms with E-state index in [0.717, 1.165) is 51.3 Å². The maximum Gasteiger partial charge on any atom is 0.156 e. The third kappa shape index (κ3) is 3.66. The van der Waals surface area contributed by atoms with Crippen molar-refractivity contribution in [3.63, 3.8) is 0 Å². The molecule has 0 amide bonds. The SMILES string of the molecule is CC(C)O/N=C1\CCN(C)c2ncc(-c3cnc(-c4cccnc4)s3)nc21. The predicted octanol–water partition coefficient (Wildman–Crippen LogP) is 3.63. The molecule has 3 aromatic rings. The molecule has 0 N–H and O–H groups in total. The van der Waals surface area contributed by atoms with Crippen molar-refractivity contribution < 1.29 is 4.84 Å². The molecule has 1 aliphatic heterocycles. The Balaban J connectivity index is 1.71. The van der Waals surface area contributed by atoms with Gasteiger partial charge in [-0.15, -0.1) is 11.3 Å². The summed E-state index contributed by atoms with van der Waals surface area (Å²) in [6.07, 6.45) is 7.99. The van der Waals surface area contributed by atoms with Gasteiger partial charge in [-0.3, -0.25) is 4.98 Å². The van der Waals surface area contributed by atoms with Gasteiger partial charge in [-0.1, -0.05) is 5.16 Å². The van der Waals surface area contributed by atoms with E-state index in [9.17, 15) is 0 Å². The molecule has 0 saturated heterocycles. The van der Waals surface area contributed by atoms with E-state index in [2.05, 4.69) is 25.0 Å². The normalized spacial score (nSPS) is 15.3. The Morgan fingerprint density at radius 2 is 2.11 bits per heavy atom. The summed E-state index contributed by atoms with van der Waals surface area (Å²) in [4.78, 5) is 26.7. The summed E-state index contributed by atoms with van der Waals surface area (Å²) in [6.45, 7) is 4.76. The number of nitrogens with zero attached hydrogens (tertiary/aromatic N) is 6. The first kappa shape index (κ1) is 17.5. The van der Waals surface area contributed by atoms with Crippen LogP contribution in [0.4, 0.5) is 5.82 Å². The number of aromatic nitrogens is 4. The van der Waals surface area contributed by atoms with Crippen LogP contribution in [0.5, 0.6) is 0 Å². The highest BCUT2D eigenvalue weighted by atomic mass is 32.1. The second-order valence-electron chi connectivity index (χ2n) is 6.56. The number of rotatable bonds is 4. The van der Waals surface area contributed by atoms with Crippen LogP contribution in [-0.4, -0.2) is 45.3 Å². The summed E-state index contributed by atoms with van der Waals surface area (Å²) in [5.74, 6) is 0.827. The van der Waals surface area contributed by atoms with Crippen LogP contribution in [0.3, 0.4) is 0 Å². The molecular formula is C19H20N6OS. The summed E-state index contributed by atoms with van der Waals surface area (Å²) in [5, 5.41) is 5.22. The van der Waals surface area contributed by atoms with Gasteiger partial charge >= 0.3 is 0 Å². The Morgan fingerprint density at radius 3 is 2.89 bits per heavy atom. The molecule has 0 aliphatic carbocycles. The van der Waals surface area contributed by atoms with E-state index in [4.69, 9.17) is 9.82 Å². The monoisotopic (exact) mass is 380 g/mol. The molecule has 0 fully saturated rings. The van der Waals surface area contributed by atoms with Gasteiger partial charge in [-0.05, 0) is 26.0 Å². The Labute approximate surface area is 161 Å². The molecule has 138 valence electrons. The molecule has 0 radical (unpaired) electrons. The summed E-state index contributed by atoms with van der Waals surface area (Å²) in [7, 11) is 2.01. The lowest BCUT2D eigenvalue weighted by molar-refractivity contribution is 0.0855. The van der Waals surface area contributed by atoms with Crippen LogP contribution in [-0.2, 0) is 4.84 Å². The highest BCUT2D eigenvalue weighted by Crippen LogP contribution is 2.32. The zero-order chi connectivity index (χ0) is 18.8. The van der Waals surface area contributed by atoms with E-state index >= 15 is 0 Å². The lowest BCUT2D eigenvalue weighted by Gasteiger charge is -2.26. The van der Waals surface area contributed by atoms with Gasteiger partial charge in [0.05, 0.1) is 11.1 Å². The maximum absolute atomic E-state index is 5.47. The first-order chi connectivity index (χ1) is 13.1. The van der Waals surface area contributed by atoms with Gasteiger partial charge in [0, 0.05) is 44.2 Å². The molecule has 7 nitrogen and oxygen atoms in total. The van der Waals surface area contributed by atoms with E-state index < -0.39 is 0 Å². The summed E-state index contributed by atoms with van der Waals surface area (Å²) in [5.41, 5.74) is 3.39. The zero-order valence-electron chi connectivity index (χ0n) is 15.5. The quantitative estimate of drug-likeness (QED) is 0.643. The van der Waals surface area contributed by atoms with E-state index in [0.29, 0.717) is 0 Å². The van der Waals surface area contributed by atoms with Gasteiger partial charge in [0.25, 0.3) is 0 Å². The van der Waals surface area contributed by atoms with Crippen molar-refractivity contribution in [2.45, 2.75) is 26.4 Å². The van der Waals surface area contributed by atoms with Crippen LogP contribution in [0.2, 0.25) is 0 Å². The standard InChI is InChI=1S/C19H20N6OS/c1-12(2)26-24-14-6-8-25(3)18-17(14)23-15(10-21-18)16-11-22-19(27-16)13-5-4-7-20-9-13/h4-5,7,9-12H,6,8H2,1-3H3/b24-14+. The van der Waals surface area contributed by atoms with Crippen molar-refractivity contribution in [1.29, 1.82) is 0 Å². The van der Waals surface area contributed by atoms with Crippen molar-refractivity contribution >= 4 is 22.9 Å². The number of hydrogen-bond donors (Lipinski definition) is 0. The van der Waals surface area contributed by atoms with Crippen LogP contribution in [0, 0.1) is 0 Å². The largest absolute Gasteiger partial charge is 0.393 e. The highest BCUT2D eigenvalue weighted by Gasteiger charge is 2.24. The Bertz CT molecular complexity index is 969. The van der Waals surface area contributed by atoms with Crippen molar-refractivity contribution in [1.82, 2.24) is 19.9 Å². The summed E-state index contributed by atoms with van der Waals surface area (Å²) in [6, 6.07) is 3.90.